The maximum Gasteiger partial charge on any atom is 0.144 e. The van der Waals surface area contributed by atoms with Crippen molar-refractivity contribution in [2.24, 2.45) is 5.73 Å². The molecule has 0 fully saturated rings. The predicted octanol–water partition coefficient (Wildman–Crippen LogP) is 0.985. The molecule has 5 nitrogen and oxygen atoms in total. The SMILES string of the molecule is NCc1nccc(NCCc2ccccn2)n1. The molecule has 88 valence electrons. The lowest BCUT2D eigenvalue weighted by molar-refractivity contribution is 0.895. The highest BCUT2D eigenvalue weighted by Crippen LogP contribution is 2.02. The van der Waals surface area contributed by atoms with Crippen LogP contribution in [0.15, 0.2) is 36.7 Å². The summed E-state index contributed by atoms with van der Waals surface area (Å²) in [6, 6.07) is 7.74. The van der Waals surface area contributed by atoms with Gasteiger partial charge in [-0.05, 0) is 18.2 Å². The van der Waals surface area contributed by atoms with Gasteiger partial charge in [-0.1, -0.05) is 6.07 Å². The van der Waals surface area contributed by atoms with E-state index in [1.54, 1.807) is 12.4 Å². The molecule has 3 N–H and O–H groups in total. The molecule has 0 atom stereocenters. The Hall–Kier alpha value is -2.01. The maximum absolute atomic E-state index is 5.48. The van der Waals surface area contributed by atoms with E-state index in [9.17, 15) is 0 Å². The molecular formula is C12H15N5. The van der Waals surface area contributed by atoms with Crippen LogP contribution in [0.4, 0.5) is 5.82 Å². The van der Waals surface area contributed by atoms with E-state index in [0.29, 0.717) is 12.4 Å². The first-order valence-electron chi connectivity index (χ1n) is 5.54. The average Bonchev–Trinajstić information content (AvgIpc) is 2.40. The second-order valence-corrected chi connectivity index (χ2v) is 3.56. The van der Waals surface area contributed by atoms with Crippen molar-refractivity contribution in [3.05, 3.63) is 48.2 Å². The van der Waals surface area contributed by atoms with Crippen LogP contribution in [0.2, 0.25) is 0 Å². The third-order valence-electron chi connectivity index (χ3n) is 2.30. The number of nitrogens with zero attached hydrogens (tertiary/aromatic N) is 3. The Kier molecular flexibility index (Phi) is 3.99. The fourth-order valence-corrected chi connectivity index (χ4v) is 1.46. The topological polar surface area (TPSA) is 76.7 Å². The van der Waals surface area contributed by atoms with E-state index in [1.165, 1.54) is 0 Å². The van der Waals surface area contributed by atoms with Crippen LogP contribution < -0.4 is 11.1 Å². The minimum absolute atomic E-state index is 0.357. The molecule has 0 saturated carbocycles. The van der Waals surface area contributed by atoms with E-state index in [-0.39, 0.29) is 0 Å². The monoisotopic (exact) mass is 229 g/mol. The molecule has 0 bridgehead atoms. The summed E-state index contributed by atoms with van der Waals surface area (Å²) >= 11 is 0. The Labute approximate surface area is 100 Å². The highest BCUT2D eigenvalue weighted by Gasteiger charge is 1.97. The molecule has 0 aliphatic carbocycles. The second-order valence-electron chi connectivity index (χ2n) is 3.56. The first-order chi connectivity index (χ1) is 8.38. The van der Waals surface area contributed by atoms with Crippen molar-refractivity contribution in [2.45, 2.75) is 13.0 Å². The lowest BCUT2D eigenvalue weighted by Crippen LogP contribution is -2.10. The Morgan fingerprint density at radius 1 is 1.12 bits per heavy atom. The van der Waals surface area contributed by atoms with E-state index < -0.39 is 0 Å². The van der Waals surface area contributed by atoms with Gasteiger partial charge in [0.25, 0.3) is 0 Å². The Balaban J connectivity index is 1.86. The van der Waals surface area contributed by atoms with Crippen molar-refractivity contribution in [3.8, 4) is 0 Å². The minimum atomic E-state index is 0.357. The maximum atomic E-state index is 5.48. The molecule has 17 heavy (non-hydrogen) atoms. The summed E-state index contributed by atoms with van der Waals surface area (Å²) in [6.07, 6.45) is 4.37. The number of rotatable bonds is 5. The van der Waals surface area contributed by atoms with Crippen LogP contribution in [0.5, 0.6) is 0 Å². The number of hydrogen-bond acceptors (Lipinski definition) is 5. The van der Waals surface area contributed by atoms with Crippen LogP contribution >= 0.6 is 0 Å². The molecule has 0 radical (unpaired) electrons. The minimum Gasteiger partial charge on any atom is -0.370 e. The Bertz CT molecular complexity index is 457. The van der Waals surface area contributed by atoms with Crippen LogP contribution in [0, 0.1) is 0 Å². The smallest absolute Gasteiger partial charge is 0.144 e. The van der Waals surface area contributed by atoms with E-state index in [1.807, 2.05) is 24.3 Å². The number of nitrogens with one attached hydrogen (secondary N) is 1. The van der Waals surface area contributed by atoms with E-state index >= 15 is 0 Å². The summed E-state index contributed by atoms with van der Waals surface area (Å²) in [6.45, 7) is 1.15. The highest BCUT2D eigenvalue weighted by molar-refractivity contribution is 5.33. The number of hydrogen-bond donors (Lipinski definition) is 2. The molecule has 2 rings (SSSR count). The normalized spacial score (nSPS) is 10.2. The van der Waals surface area contributed by atoms with Gasteiger partial charge in [0.1, 0.15) is 11.6 Å². The van der Waals surface area contributed by atoms with Gasteiger partial charge in [-0.25, -0.2) is 9.97 Å². The molecule has 0 unspecified atom stereocenters. The van der Waals surface area contributed by atoms with E-state index in [2.05, 4.69) is 20.3 Å². The van der Waals surface area contributed by atoms with Gasteiger partial charge in [-0.2, -0.15) is 0 Å². The van der Waals surface area contributed by atoms with Gasteiger partial charge in [0.05, 0.1) is 6.54 Å². The number of aromatic nitrogens is 3. The van der Waals surface area contributed by atoms with Gasteiger partial charge >= 0.3 is 0 Å². The Morgan fingerprint density at radius 2 is 2.06 bits per heavy atom. The lowest BCUT2D eigenvalue weighted by Gasteiger charge is -2.05. The largest absolute Gasteiger partial charge is 0.370 e. The third-order valence-corrected chi connectivity index (χ3v) is 2.30. The summed E-state index contributed by atoms with van der Waals surface area (Å²) in [4.78, 5) is 12.5. The molecule has 0 aliphatic rings. The van der Waals surface area contributed by atoms with Gasteiger partial charge in [-0.15, -0.1) is 0 Å². The summed E-state index contributed by atoms with van der Waals surface area (Å²) in [5, 5.41) is 3.22. The molecule has 0 spiro atoms. The van der Waals surface area contributed by atoms with Crippen molar-refractivity contribution in [1.29, 1.82) is 0 Å². The zero-order chi connectivity index (χ0) is 11.9. The summed E-state index contributed by atoms with van der Waals surface area (Å²) in [7, 11) is 0. The standard InChI is InChI=1S/C12H15N5/c13-9-12-16-8-5-11(17-12)15-7-4-10-3-1-2-6-14-10/h1-3,5-6,8H,4,7,9,13H2,(H,15,16,17). The summed E-state index contributed by atoms with van der Waals surface area (Å²) < 4.78 is 0. The van der Waals surface area contributed by atoms with Crippen molar-refractivity contribution in [1.82, 2.24) is 15.0 Å². The first-order valence-corrected chi connectivity index (χ1v) is 5.54. The van der Waals surface area contributed by atoms with Gasteiger partial charge in [-0.3, -0.25) is 4.98 Å². The highest BCUT2D eigenvalue weighted by atomic mass is 15.0. The first kappa shape index (κ1) is 11.5. The van der Waals surface area contributed by atoms with Gasteiger partial charge in [0.15, 0.2) is 0 Å². The predicted molar refractivity (Wildman–Crippen MR) is 66.4 cm³/mol. The quantitative estimate of drug-likeness (QED) is 0.799. The van der Waals surface area contributed by atoms with Crippen LogP contribution in [0.25, 0.3) is 0 Å². The molecule has 2 aromatic heterocycles. The lowest BCUT2D eigenvalue weighted by atomic mass is 10.3. The van der Waals surface area contributed by atoms with Gasteiger partial charge in [0.2, 0.25) is 0 Å². The van der Waals surface area contributed by atoms with Crippen LogP contribution in [-0.4, -0.2) is 21.5 Å². The van der Waals surface area contributed by atoms with Crippen molar-refractivity contribution >= 4 is 5.82 Å². The van der Waals surface area contributed by atoms with Crippen molar-refractivity contribution in [3.63, 3.8) is 0 Å². The molecule has 0 saturated heterocycles. The molecule has 2 aromatic rings. The Morgan fingerprint density at radius 3 is 2.82 bits per heavy atom. The molecule has 5 heteroatoms. The van der Waals surface area contributed by atoms with E-state index in [0.717, 1.165) is 24.5 Å². The van der Waals surface area contributed by atoms with Gasteiger partial charge < -0.3 is 11.1 Å². The third kappa shape index (κ3) is 3.49. The second kappa shape index (κ2) is 5.91. The molecule has 2 heterocycles. The number of nitrogens with two attached hydrogens (primary N) is 1. The zero-order valence-electron chi connectivity index (χ0n) is 9.50. The van der Waals surface area contributed by atoms with Crippen LogP contribution in [0.3, 0.4) is 0 Å². The van der Waals surface area contributed by atoms with E-state index in [4.69, 9.17) is 5.73 Å². The number of anilines is 1. The summed E-state index contributed by atoms with van der Waals surface area (Å²) in [5.74, 6) is 1.45. The fourth-order valence-electron chi connectivity index (χ4n) is 1.46. The van der Waals surface area contributed by atoms with Crippen molar-refractivity contribution in [2.75, 3.05) is 11.9 Å². The molecular weight excluding hydrogens is 214 g/mol. The average molecular weight is 229 g/mol. The summed E-state index contributed by atoms with van der Waals surface area (Å²) in [5.41, 5.74) is 6.54. The van der Waals surface area contributed by atoms with Crippen LogP contribution in [0.1, 0.15) is 11.5 Å². The zero-order valence-corrected chi connectivity index (χ0v) is 9.50. The fraction of sp³-hybridized carbons (Fsp3) is 0.250. The van der Waals surface area contributed by atoms with Gasteiger partial charge in [0, 0.05) is 31.1 Å². The molecule has 0 amide bonds. The molecule has 0 aromatic carbocycles. The molecule has 0 aliphatic heterocycles. The van der Waals surface area contributed by atoms with Crippen LogP contribution in [-0.2, 0) is 13.0 Å². The number of pyridine rings is 1. The van der Waals surface area contributed by atoms with Crippen molar-refractivity contribution < 1.29 is 0 Å².